The molecule has 0 fully saturated rings. The number of halogens is 2. The lowest BCUT2D eigenvalue weighted by atomic mass is 9.96. The Morgan fingerprint density at radius 3 is 2.29 bits per heavy atom. The van der Waals surface area contributed by atoms with Crippen LogP contribution in [-0.2, 0) is 6.42 Å². The maximum Gasteiger partial charge on any atom is 0.0372 e. The van der Waals surface area contributed by atoms with Crippen LogP contribution in [-0.4, -0.2) is 6.54 Å². The van der Waals surface area contributed by atoms with Crippen molar-refractivity contribution in [1.82, 2.24) is 5.32 Å². The fraction of sp³-hybridized carbons (Fsp3) is 0.333. The van der Waals surface area contributed by atoms with Gasteiger partial charge in [-0.15, -0.1) is 0 Å². The molecule has 112 valence electrons. The first kappa shape index (κ1) is 16.7. The second kappa shape index (κ2) is 7.57. The van der Waals surface area contributed by atoms with Gasteiger partial charge in [-0.3, -0.25) is 0 Å². The molecule has 0 amide bonds. The highest BCUT2D eigenvalue weighted by atomic mass is 79.9. The number of aryl methyl sites for hydroxylation is 2. The van der Waals surface area contributed by atoms with E-state index in [1.807, 2.05) is 0 Å². The Balaban J connectivity index is 2.32. The molecule has 0 saturated carbocycles. The van der Waals surface area contributed by atoms with Crippen molar-refractivity contribution in [2.75, 3.05) is 6.54 Å². The van der Waals surface area contributed by atoms with Crippen LogP contribution in [0.15, 0.2) is 45.3 Å². The quantitative estimate of drug-likeness (QED) is 0.664. The van der Waals surface area contributed by atoms with Crippen molar-refractivity contribution in [3.8, 4) is 0 Å². The molecule has 0 spiro atoms. The summed E-state index contributed by atoms with van der Waals surface area (Å²) < 4.78 is 2.27. The lowest BCUT2D eigenvalue weighted by molar-refractivity contribution is 0.547. The molecule has 1 atom stereocenters. The molecule has 0 aliphatic heterocycles. The molecule has 3 heteroatoms. The van der Waals surface area contributed by atoms with Crippen molar-refractivity contribution in [3.63, 3.8) is 0 Å². The third-order valence-electron chi connectivity index (χ3n) is 3.51. The SMILES string of the molecule is CCNC(Cc1cc(C)cc(C)c1)c1cc(Br)ccc1Br. The van der Waals surface area contributed by atoms with Gasteiger partial charge in [0.2, 0.25) is 0 Å². The smallest absolute Gasteiger partial charge is 0.0372 e. The van der Waals surface area contributed by atoms with Gasteiger partial charge < -0.3 is 5.32 Å². The highest BCUT2D eigenvalue weighted by Gasteiger charge is 2.15. The molecule has 21 heavy (non-hydrogen) atoms. The minimum absolute atomic E-state index is 0.308. The van der Waals surface area contributed by atoms with E-state index in [4.69, 9.17) is 0 Å². The van der Waals surface area contributed by atoms with Gasteiger partial charge in [0.05, 0.1) is 0 Å². The van der Waals surface area contributed by atoms with Crippen molar-refractivity contribution >= 4 is 31.9 Å². The summed E-state index contributed by atoms with van der Waals surface area (Å²) in [4.78, 5) is 0. The average Bonchev–Trinajstić information content (AvgIpc) is 2.40. The van der Waals surface area contributed by atoms with E-state index in [1.54, 1.807) is 0 Å². The standard InChI is InChI=1S/C18H21Br2N/c1-4-21-18(16-11-15(19)5-6-17(16)20)10-14-8-12(2)7-13(3)9-14/h5-9,11,18,21H,4,10H2,1-3H3. The van der Waals surface area contributed by atoms with E-state index in [0.717, 1.165) is 21.9 Å². The molecule has 1 unspecified atom stereocenters. The van der Waals surface area contributed by atoms with Gasteiger partial charge >= 0.3 is 0 Å². The predicted molar refractivity (Wildman–Crippen MR) is 97.9 cm³/mol. The van der Waals surface area contributed by atoms with Gasteiger partial charge in [0.15, 0.2) is 0 Å². The first-order valence-corrected chi connectivity index (χ1v) is 8.83. The first-order valence-electron chi connectivity index (χ1n) is 7.25. The summed E-state index contributed by atoms with van der Waals surface area (Å²) in [5.74, 6) is 0. The van der Waals surface area contributed by atoms with Crippen LogP contribution in [0.4, 0.5) is 0 Å². The van der Waals surface area contributed by atoms with Gasteiger partial charge in [-0.25, -0.2) is 0 Å². The Hall–Kier alpha value is -0.640. The van der Waals surface area contributed by atoms with E-state index >= 15 is 0 Å². The van der Waals surface area contributed by atoms with Crippen molar-refractivity contribution in [2.24, 2.45) is 0 Å². The summed E-state index contributed by atoms with van der Waals surface area (Å²) in [5, 5.41) is 3.60. The average molecular weight is 411 g/mol. The molecule has 0 saturated heterocycles. The molecule has 0 heterocycles. The Morgan fingerprint density at radius 1 is 1.00 bits per heavy atom. The Labute approximate surface area is 144 Å². The zero-order valence-corrected chi connectivity index (χ0v) is 15.9. The van der Waals surface area contributed by atoms with E-state index in [-0.39, 0.29) is 0 Å². The highest BCUT2D eigenvalue weighted by Crippen LogP contribution is 2.29. The molecular formula is C18H21Br2N. The molecule has 2 aromatic carbocycles. The molecular weight excluding hydrogens is 390 g/mol. The van der Waals surface area contributed by atoms with Crippen molar-refractivity contribution < 1.29 is 0 Å². The number of likely N-dealkylation sites (N-methyl/N-ethyl adjacent to an activating group) is 1. The van der Waals surface area contributed by atoms with Crippen LogP contribution in [0.2, 0.25) is 0 Å². The minimum Gasteiger partial charge on any atom is -0.310 e. The summed E-state index contributed by atoms with van der Waals surface area (Å²) >= 11 is 7.26. The van der Waals surface area contributed by atoms with Crippen LogP contribution in [0.1, 0.15) is 35.2 Å². The summed E-state index contributed by atoms with van der Waals surface area (Å²) in [6, 6.07) is 13.5. The third-order valence-corrected chi connectivity index (χ3v) is 4.72. The molecule has 0 radical (unpaired) electrons. The zero-order chi connectivity index (χ0) is 15.4. The summed E-state index contributed by atoms with van der Waals surface area (Å²) in [5.41, 5.74) is 5.33. The fourth-order valence-corrected chi connectivity index (χ4v) is 3.64. The Kier molecular flexibility index (Phi) is 6.03. The van der Waals surface area contributed by atoms with E-state index in [2.05, 4.69) is 94.3 Å². The maximum atomic E-state index is 3.68. The normalized spacial score (nSPS) is 12.4. The summed E-state index contributed by atoms with van der Waals surface area (Å²) in [6.45, 7) is 7.43. The highest BCUT2D eigenvalue weighted by molar-refractivity contribution is 9.11. The molecule has 0 aliphatic rings. The topological polar surface area (TPSA) is 12.0 Å². The van der Waals surface area contributed by atoms with Gasteiger partial charge in [0.25, 0.3) is 0 Å². The second-order valence-electron chi connectivity index (χ2n) is 5.48. The van der Waals surface area contributed by atoms with Gasteiger partial charge in [-0.2, -0.15) is 0 Å². The van der Waals surface area contributed by atoms with E-state index in [9.17, 15) is 0 Å². The van der Waals surface area contributed by atoms with Crippen LogP contribution in [0, 0.1) is 13.8 Å². The number of rotatable bonds is 5. The number of nitrogens with one attached hydrogen (secondary N) is 1. The van der Waals surface area contributed by atoms with Crippen LogP contribution in [0.5, 0.6) is 0 Å². The molecule has 1 N–H and O–H groups in total. The lowest BCUT2D eigenvalue weighted by Gasteiger charge is -2.21. The molecule has 1 nitrogen and oxygen atoms in total. The molecule has 0 aliphatic carbocycles. The lowest BCUT2D eigenvalue weighted by Crippen LogP contribution is -2.23. The summed E-state index contributed by atoms with van der Waals surface area (Å²) in [7, 11) is 0. The Morgan fingerprint density at radius 2 is 1.67 bits per heavy atom. The van der Waals surface area contributed by atoms with E-state index < -0.39 is 0 Å². The van der Waals surface area contributed by atoms with Crippen LogP contribution < -0.4 is 5.32 Å². The summed E-state index contributed by atoms with van der Waals surface area (Å²) in [6.07, 6.45) is 0.991. The number of hydrogen-bond acceptors (Lipinski definition) is 1. The minimum atomic E-state index is 0.308. The molecule has 0 bridgehead atoms. The molecule has 0 aromatic heterocycles. The van der Waals surface area contributed by atoms with Gasteiger partial charge in [0.1, 0.15) is 0 Å². The van der Waals surface area contributed by atoms with Gasteiger partial charge in [0, 0.05) is 15.0 Å². The Bertz CT molecular complexity index is 602. The maximum absolute atomic E-state index is 3.68. The molecule has 2 rings (SSSR count). The first-order chi connectivity index (χ1) is 9.99. The number of benzene rings is 2. The van der Waals surface area contributed by atoms with Crippen molar-refractivity contribution in [1.29, 1.82) is 0 Å². The van der Waals surface area contributed by atoms with Crippen molar-refractivity contribution in [2.45, 2.75) is 33.2 Å². The second-order valence-corrected chi connectivity index (χ2v) is 7.25. The van der Waals surface area contributed by atoms with E-state index in [1.165, 1.54) is 22.3 Å². The van der Waals surface area contributed by atoms with Crippen LogP contribution >= 0.6 is 31.9 Å². The van der Waals surface area contributed by atoms with Crippen LogP contribution in [0.25, 0.3) is 0 Å². The van der Waals surface area contributed by atoms with Gasteiger partial charge in [-0.05, 0) is 56.1 Å². The zero-order valence-electron chi connectivity index (χ0n) is 12.7. The monoisotopic (exact) mass is 409 g/mol. The van der Waals surface area contributed by atoms with Gasteiger partial charge in [-0.1, -0.05) is 68.1 Å². The van der Waals surface area contributed by atoms with Crippen LogP contribution in [0.3, 0.4) is 0 Å². The van der Waals surface area contributed by atoms with Crippen molar-refractivity contribution in [3.05, 3.63) is 67.6 Å². The fourth-order valence-electron chi connectivity index (χ4n) is 2.74. The molecule has 2 aromatic rings. The number of hydrogen-bond donors (Lipinski definition) is 1. The predicted octanol–water partition coefficient (Wildman–Crippen LogP) is 5.72. The van der Waals surface area contributed by atoms with E-state index in [0.29, 0.717) is 6.04 Å². The third kappa shape index (κ3) is 4.67. The largest absolute Gasteiger partial charge is 0.310 e.